The Morgan fingerprint density at radius 2 is 1.62 bits per heavy atom. The molecule has 142 valence electrons. The number of thiophene rings is 1. The van der Waals surface area contributed by atoms with Gasteiger partial charge in [0.1, 0.15) is 5.00 Å². The summed E-state index contributed by atoms with van der Waals surface area (Å²) in [6.07, 6.45) is 6.86. The van der Waals surface area contributed by atoms with E-state index in [2.05, 4.69) is 5.32 Å². The van der Waals surface area contributed by atoms with E-state index in [-0.39, 0.29) is 23.4 Å². The van der Waals surface area contributed by atoms with Crippen molar-refractivity contribution in [3.63, 3.8) is 0 Å². The molecule has 4 aliphatic carbocycles. The number of carbonyl (C=O) groups is 2. The number of esters is 1. The minimum atomic E-state index is -0.331. The van der Waals surface area contributed by atoms with Gasteiger partial charge in [-0.2, -0.15) is 0 Å². The topological polar surface area (TPSA) is 55.4 Å². The quantitative estimate of drug-likeness (QED) is 0.746. The van der Waals surface area contributed by atoms with E-state index >= 15 is 0 Å². The van der Waals surface area contributed by atoms with Crippen LogP contribution in [0, 0.1) is 37.0 Å². The first-order chi connectivity index (χ1) is 12.3. The summed E-state index contributed by atoms with van der Waals surface area (Å²) in [5.74, 6) is 1.98. The molecule has 0 radical (unpaired) electrons. The third-order valence-electron chi connectivity index (χ3n) is 6.68. The number of anilines is 1. The molecule has 4 nitrogen and oxygen atoms in total. The predicted octanol–water partition coefficient (Wildman–Crippen LogP) is 5.09. The molecule has 1 amide bonds. The molecule has 5 rings (SSSR count). The summed E-state index contributed by atoms with van der Waals surface area (Å²) < 4.78 is 5.42. The van der Waals surface area contributed by atoms with Crippen molar-refractivity contribution in [2.24, 2.45) is 23.2 Å². The average molecular weight is 376 g/mol. The molecule has 4 bridgehead atoms. The van der Waals surface area contributed by atoms with Crippen molar-refractivity contribution in [2.45, 2.75) is 72.3 Å². The molecule has 0 unspecified atom stereocenters. The molecule has 0 spiro atoms. The second-order valence-corrected chi connectivity index (χ2v) is 10.3. The van der Waals surface area contributed by atoms with Crippen molar-refractivity contribution in [3.05, 3.63) is 16.0 Å². The summed E-state index contributed by atoms with van der Waals surface area (Å²) in [5, 5.41) is 3.83. The van der Waals surface area contributed by atoms with Crippen LogP contribution >= 0.6 is 11.3 Å². The molecule has 1 heterocycles. The molecule has 5 heteroatoms. The van der Waals surface area contributed by atoms with Gasteiger partial charge in [-0.25, -0.2) is 4.79 Å². The zero-order valence-corrected chi connectivity index (χ0v) is 17.0. The molecule has 4 aliphatic rings. The number of rotatable bonds is 4. The normalized spacial score (nSPS) is 32.1. The van der Waals surface area contributed by atoms with Crippen LogP contribution in [0.2, 0.25) is 0 Å². The van der Waals surface area contributed by atoms with Crippen LogP contribution in [0.1, 0.15) is 73.2 Å². The first-order valence-corrected chi connectivity index (χ1v) is 10.7. The van der Waals surface area contributed by atoms with Crippen LogP contribution in [0.25, 0.3) is 0 Å². The van der Waals surface area contributed by atoms with Crippen molar-refractivity contribution >= 4 is 28.2 Å². The van der Waals surface area contributed by atoms with E-state index in [9.17, 15) is 9.59 Å². The lowest BCUT2D eigenvalue weighted by Crippen LogP contribution is -2.51. The first-order valence-electron chi connectivity index (χ1n) is 9.90. The SMILES string of the molecule is Cc1sc(NC(=O)C23CC4CC(CC(C4)C2)C3)c(C(=O)OC(C)C)c1C. The molecule has 1 N–H and O–H groups in total. The molecule has 4 fully saturated rings. The van der Waals surface area contributed by atoms with Gasteiger partial charge in [0.2, 0.25) is 5.91 Å². The lowest BCUT2D eigenvalue weighted by atomic mass is 9.49. The van der Waals surface area contributed by atoms with Gasteiger partial charge in [0.25, 0.3) is 0 Å². The third-order valence-corrected chi connectivity index (χ3v) is 7.80. The fourth-order valence-electron chi connectivity index (χ4n) is 5.86. The number of hydrogen-bond acceptors (Lipinski definition) is 4. The van der Waals surface area contributed by atoms with Gasteiger partial charge in [-0.15, -0.1) is 11.3 Å². The van der Waals surface area contributed by atoms with Gasteiger partial charge in [-0.3, -0.25) is 4.79 Å². The summed E-state index contributed by atoms with van der Waals surface area (Å²) in [5.41, 5.74) is 1.25. The largest absolute Gasteiger partial charge is 0.459 e. The molecule has 0 atom stereocenters. The Bertz CT molecular complexity index is 713. The number of aryl methyl sites for hydroxylation is 1. The van der Waals surface area contributed by atoms with Crippen LogP contribution in [0.4, 0.5) is 5.00 Å². The van der Waals surface area contributed by atoms with Crippen molar-refractivity contribution < 1.29 is 14.3 Å². The Hall–Kier alpha value is -1.36. The van der Waals surface area contributed by atoms with E-state index in [1.165, 1.54) is 30.6 Å². The van der Waals surface area contributed by atoms with E-state index in [4.69, 9.17) is 4.74 Å². The van der Waals surface area contributed by atoms with Gasteiger partial charge in [0.15, 0.2) is 0 Å². The van der Waals surface area contributed by atoms with E-state index < -0.39 is 0 Å². The molecule has 1 aromatic heterocycles. The average Bonchev–Trinajstić information content (AvgIpc) is 2.79. The summed E-state index contributed by atoms with van der Waals surface area (Å²) in [6, 6.07) is 0. The Balaban J connectivity index is 1.59. The smallest absolute Gasteiger partial charge is 0.341 e. The molecule has 26 heavy (non-hydrogen) atoms. The third kappa shape index (κ3) is 2.98. The van der Waals surface area contributed by atoms with Gasteiger partial charge in [-0.1, -0.05) is 0 Å². The van der Waals surface area contributed by atoms with Crippen molar-refractivity contribution in [3.8, 4) is 0 Å². The number of ether oxygens (including phenoxy) is 1. The van der Waals surface area contributed by atoms with E-state index in [0.29, 0.717) is 10.6 Å². The maximum atomic E-state index is 13.3. The van der Waals surface area contributed by atoms with Crippen LogP contribution in [-0.2, 0) is 9.53 Å². The number of hydrogen-bond donors (Lipinski definition) is 1. The van der Waals surface area contributed by atoms with Crippen LogP contribution in [0.3, 0.4) is 0 Å². The number of carbonyl (C=O) groups excluding carboxylic acids is 2. The minimum absolute atomic E-state index is 0.136. The molecule has 0 saturated heterocycles. The highest BCUT2D eigenvalue weighted by Crippen LogP contribution is 2.60. The van der Waals surface area contributed by atoms with Crippen LogP contribution in [0.5, 0.6) is 0 Å². The van der Waals surface area contributed by atoms with Gasteiger partial charge in [-0.05, 0) is 89.5 Å². The van der Waals surface area contributed by atoms with E-state index in [1.807, 2.05) is 27.7 Å². The Morgan fingerprint density at radius 3 is 2.12 bits per heavy atom. The minimum Gasteiger partial charge on any atom is -0.459 e. The van der Waals surface area contributed by atoms with Crippen LogP contribution in [-0.4, -0.2) is 18.0 Å². The second-order valence-electron chi connectivity index (χ2n) is 9.09. The highest BCUT2D eigenvalue weighted by Gasteiger charge is 2.54. The monoisotopic (exact) mass is 375 g/mol. The Labute approximate surface area is 159 Å². The molecule has 0 aromatic carbocycles. The van der Waals surface area contributed by atoms with Gasteiger partial charge < -0.3 is 10.1 Å². The Kier molecular flexibility index (Phi) is 4.41. The highest BCUT2D eigenvalue weighted by atomic mass is 32.1. The predicted molar refractivity (Wildman–Crippen MR) is 104 cm³/mol. The lowest BCUT2D eigenvalue weighted by molar-refractivity contribution is -0.140. The van der Waals surface area contributed by atoms with Crippen LogP contribution in [0.15, 0.2) is 0 Å². The summed E-state index contributed by atoms with van der Waals surface area (Å²) in [7, 11) is 0. The van der Waals surface area contributed by atoms with E-state index in [0.717, 1.165) is 47.5 Å². The van der Waals surface area contributed by atoms with E-state index in [1.54, 1.807) is 0 Å². The molecular weight excluding hydrogens is 346 g/mol. The first kappa shape index (κ1) is 18.0. The fourth-order valence-corrected chi connectivity index (χ4v) is 6.90. The summed E-state index contributed by atoms with van der Waals surface area (Å²) >= 11 is 1.50. The maximum absolute atomic E-state index is 13.3. The number of nitrogens with one attached hydrogen (secondary N) is 1. The standard InChI is InChI=1S/C21H29NO3S/c1-11(2)25-19(23)17-12(3)13(4)26-18(17)22-20(24)21-8-14-5-15(9-21)7-16(6-14)10-21/h11,14-16H,5-10H2,1-4H3,(H,22,24). The molecule has 4 saturated carbocycles. The molecule has 1 aromatic rings. The van der Waals surface area contributed by atoms with Gasteiger partial charge >= 0.3 is 5.97 Å². The zero-order valence-electron chi connectivity index (χ0n) is 16.2. The number of amides is 1. The van der Waals surface area contributed by atoms with Crippen molar-refractivity contribution in [1.82, 2.24) is 0 Å². The molecule has 0 aliphatic heterocycles. The zero-order chi connectivity index (χ0) is 18.6. The maximum Gasteiger partial charge on any atom is 0.341 e. The van der Waals surface area contributed by atoms with Crippen LogP contribution < -0.4 is 5.32 Å². The van der Waals surface area contributed by atoms with Gasteiger partial charge in [0.05, 0.1) is 17.1 Å². The lowest BCUT2D eigenvalue weighted by Gasteiger charge is -2.55. The fraction of sp³-hybridized carbons (Fsp3) is 0.714. The summed E-state index contributed by atoms with van der Waals surface area (Å²) in [4.78, 5) is 27.0. The van der Waals surface area contributed by atoms with Gasteiger partial charge in [0, 0.05) is 4.88 Å². The highest BCUT2D eigenvalue weighted by molar-refractivity contribution is 7.16. The molecular formula is C21H29NO3S. The summed E-state index contributed by atoms with van der Waals surface area (Å²) in [6.45, 7) is 7.62. The second kappa shape index (κ2) is 6.36. The van der Waals surface area contributed by atoms with Crippen molar-refractivity contribution in [1.29, 1.82) is 0 Å². The van der Waals surface area contributed by atoms with Crippen molar-refractivity contribution in [2.75, 3.05) is 5.32 Å². The Morgan fingerprint density at radius 1 is 1.08 bits per heavy atom.